The van der Waals surface area contributed by atoms with Gasteiger partial charge in [0.15, 0.2) is 0 Å². The van der Waals surface area contributed by atoms with Crippen molar-refractivity contribution in [3.63, 3.8) is 0 Å². The molecule has 0 saturated heterocycles. The smallest absolute Gasteiger partial charge is 0.296 e. The Kier molecular flexibility index (Phi) is 4.60. The summed E-state index contributed by atoms with van der Waals surface area (Å²) in [6.45, 7) is 0.0387. The average molecular weight is 409 g/mol. The van der Waals surface area contributed by atoms with Crippen LogP contribution < -0.4 is 11.2 Å². The van der Waals surface area contributed by atoms with Crippen LogP contribution >= 0.6 is 0 Å². The Bertz CT molecular complexity index is 1400. The number of nitrogens with zero attached hydrogens (tertiary/aromatic N) is 5. The number of rotatable bonds is 5. The van der Waals surface area contributed by atoms with Crippen LogP contribution in [0.3, 0.4) is 0 Å². The summed E-state index contributed by atoms with van der Waals surface area (Å²) in [7, 11) is 0. The lowest BCUT2D eigenvalue weighted by Crippen LogP contribution is -2.40. The lowest BCUT2D eigenvalue weighted by atomic mass is 10.1. The van der Waals surface area contributed by atoms with Gasteiger partial charge in [0.25, 0.3) is 5.56 Å². The molecule has 0 radical (unpaired) electrons. The summed E-state index contributed by atoms with van der Waals surface area (Å²) < 4.78 is 4.41. The SMILES string of the molecule is N#Cc1cn(C2CC2)c(=O)n(Cc2cn(-c3ccccc3)nc2-c2ccccc2)c1=O. The molecule has 0 aliphatic heterocycles. The number of para-hydroxylation sites is 1. The third-order valence-electron chi connectivity index (χ3n) is 5.44. The number of nitriles is 1. The van der Waals surface area contributed by atoms with E-state index in [4.69, 9.17) is 5.10 Å². The van der Waals surface area contributed by atoms with Crippen LogP contribution in [-0.2, 0) is 6.54 Å². The summed E-state index contributed by atoms with van der Waals surface area (Å²) in [5.74, 6) is 0. The van der Waals surface area contributed by atoms with Crippen molar-refractivity contribution < 1.29 is 0 Å². The van der Waals surface area contributed by atoms with E-state index in [9.17, 15) is 14.9 Å². The number of hydrogen-bond acceptors (Lipinski definition) is 4. The minimum Gasteiger partial charge on any atom is -0.296 e. The maximum atomic E-state index is 13.1. The fourth-order valence-electron chi connectivity index (χ4n) is 3.70. The molecule has 0 N–H and O–H groups in total. The molecule has 31 heavy (non-hydrogen) atoms. The predicted molar refractivity (Wildman–Crippen MR) is 116 cm³/mol. The summed E-state index contributed by atoms with van der Waals surface area (Å²) in [5.41, 5.74) is 2.19. The Morgan fingerprint density at radius 3 is 2.29 bits per heavy atom. The van der Waals surface area contributed by atoms with Crippen LogP contribution in [0, 0.1) is 11.3 Å². The largest absolute Gasteiger partial charge is 0.331 e. The van der Waals surface area contributed by atoms with Crippen molar-refractivity contribution in [2.75, 3.05) is 0 Å². The number of hydrogen-bond donors (Lipinski definition) is 0. The van der Waals surface area contributed by atoms with E-state index in [1.807, 2.05) is 72.9 Å². The van der Waals surface area contributed by atoms with E-state index in [2.05, 4.69) is 0 Å². The second-order valence-electron chi connectivity index (χ2n) is 7.62. The van der Waals surface area contributed by atoms with E-state index >= 15 is 0 Å². The third kappa shape index (κ3) is 3.49. The van der Waals surface area contributed by atoms with Gasteiger partial charge in [0.1, 0.15) is 11.6 Å². The van der Waals surface area contributed by atoms with Gasteiger partial charge in [-0.05, 0) is 25.0 Å². The van der Waals surface area contributed by atoms with E-state index in [0.717, 1.165) is 34.2 Å². The maximum Gasteiger partial charge on any atom is 0.331 e. The van der Waals surface area contributed by atoms with Gasteiger partial charge in [0.05, 0.1) is 17.9 Å². The molecule has 2 aromatic heterocycles. The van der Waals surface area contributed by atoms with Crippen LogP contribution in [0.4, 0.5) is 0 Å². The lowest BCUT2D eigenvalue weighted by molar-refractivity contribution is 0.588. The molecule has 1 aliphatic carbocycles. The fraction of sp³-hybridized carbons (Fsp3) is 0.167. The van der Waals surface area contributed by atoms with Crippen molar-refractivity contribution in [2.45, 2.75) is 25.4 Å². The zero-order chi connectivity index (χ0) is 21.4. The second-order valence-corrected chi connectivity index (χ2v) is 7.62. The molecule has 0 spiro atoms. The highest BCUT2D eigenvalue weighted by molar-refractivity contribution is 5.63. The predicted octanol–water partition coefficient (Wildman–Crippen LogP) is 3.12. The molecule has 1 saturated carbocycles. The molecular formula is C24H19N5O2. The number of aromatic nitrogens is 4. The van der Waals surface area contributed by atoms with E-state index < -0.39 is 11.2 Å². The Morgan fingerprint density at radius 1 is 0.968 bits per heavy atom. The van der Waals surface area contributed by atoms with Crippen molar-refractivity contribution >= 4 is 0 Å². The first-order chi connectivity index (χ1) is 15.2. The van der Waals surface area contributed by atoms with Crippen LogP contribution in [0.25, 0.3) is 16.9 Å². The Hall–Kier alpha value is -4.18. The summed E-state index contributed by atoms with van der Waals surface area (Å²) in [4.78, 5) is 25.9. The van der Waals surface area contributed by atoms with Gasteiger partial charge in [-0.1, -0.05) is 48.5 Å². The molecular weight excluding hydrogens is 390 g/mol. The highest BCUT2D eigenvalue weighted by atomic mass is 16.2. The van der Waals surface area contributed by atoms with Gasteiger partial charge >= 0.3 is 5.69 Å². The Labute approximate surface area is 178 Å². The summed E-state index contributed by atoms with van der Waals surface area (Å²) in [6, 6.07) is 21.3. The first-order valence-electron chi connectivity index (χ1n) is 10.1. The highest BCUT2D eigenvalue weighted by Crippen LogP contribution is 2.33. The molecule has 0 bridgehead atoms. The lowest BCUT2D eigenvalue weighted by Gasteiger charge is -2.10. The Morgan fingerprint density at radius 2 is 1.65 bits per heavy atom. The van der Waals surface area contributed by atoms with Crippen molar-refractivity contribution in [3.8, 4) is 23.0 Å². The van der Waals surface area contributed by atoms with Gasteiger partial charge in [0.2, 0.25) is 0 Å². The maximum absolute atomic E-state index is 13.1. The molecule has 2 aromatic carbocycles. The first kappa shape index (κ1) is 18.8. The van der Waals surface area contributed by atoms with Crippen molar-refractivity contribution in [1.82, 2.24) is 18.9 Å². The second kappa shape index (κ2) is 7.58. The summed E-state index contributed by atoms with van der Waals surface area (Å²) in [6.07, 6.45) is 4.99. The molecule has 1 aliphatic rings. The number of benzene rings is 2. The molecule has 0 amide bonds. The van der Waals surface area contributed by atoms with Gasteiger partial charge in [-0.2, -0.15) is 10.4 Å². The van der Waals surface area contributed by atoms with Crippen molar-refractivity contribution in [3.05, 3.63) is 105 Å². The molecule has 4 aromatic rings. The first-order valence-corrected chi connectivity index (χ1v) is 10.1. The standard InChI is InChI=1S/C24H19N5O2/c25-13-18-14-27(20-11-12-20)24(31)28(23(18)30)15-19-16-29(21-9-5-2-6-10-21)26-22(19)17-7-3-1-4-8-17/h1-10,14,16,20H,11-12,15H2. The van der Waals surface area contributed by atoms with Crippen LogP contribution in [0.15, 0.2) is 82.6 Å². The Balaban J connectivity index is 1.67. The molecule has 0 unspecified atom stereocenters. The zero-order valence-corrected chi connectivity index (χ0v) is 16.7. The van der Waals surface area contributed by atoms with Gasteiger partial charge in [-0.25, -0.2) is 9.48 Å². The zero-order valence-electron chi connectivity index (χ0n) is 16.7. The molecule has 2 heterocycles. The average Bonchev–Trinajstić information content (AvgIpc) is 3.57. The topological polar surface area (TPSA) is 85.6 Å². The molecule has 7 heteroatoms. The van der Waals surface area contributed by atoms with Gasteiger partial charge in [-0.3, -0.25) is 13.9 Å². The molecule has 1 fully saturated rings. The van der Waals surface area contributed by atoms with E-state index in [1.54, 1.807) is 4.68 Å². The van der Waals surface area contributed by atoms with Crippen LogP contribution in [0.1, 0.15) is 30.0 Å². The third-order valence-corrected chi connectivity index (χ3v) is 5.44. The van der Waals surface area contributed by atoms with E-state index in [1.165, 1.54) is 10.8 Å². The minimum absolute atomic E-state index is 0.0248. The van der Waals surface area contributed by atoms with Crippen LogP contribution in [-0.4, -0.2) is 18.9 Å². The fourth-order valence-corrected chi connectivity index (χ4v) is 3.70. The van der Waals surface area contributed by atoms with Crippen LogP contribution in [0.5, 0.6) is 0 Å². The molecule has 0 atom stereocenters. The van der Waals surface area contributed by atoms with Gasteiger partial charge < -0.3 is 0 Å². The van der Waals surface area contributed by atoms with Crippen molar-refractivity contribution in [2.24, 2.45) is 0 Å². The van der Waals surface area contributed by atoms with Gasteiger partial charge in [-0.15, -0.1) is 0 Å². The van der Waals surface area contributed by atoms with E-state index in [0.29, 0.717) is 5.69 Å². The van der Waals surface area contributed by atoms with Crippen molar-refractivity contribution in [1.29, 1.82) is 5.26 Å². The van der Waals surface area contributed by atoms with Crippen LogP contribution in [0.2, 0.25) is 0 Å². The summed E-state index contributed by atoms with van der Waals surface area (Å²) in [5, 5.41) is 14.2. The quantitative estimate of drug-likeness (QED) is 0.507. The van der Waals surface area contributed by atoms with Gasteiger partial charge in [0, 0.05) is 29.6 Å². The van der Waals surface area contributed by atoms with E-state index in [-0.39, 0.29) is 18.2 Å². The minimum atomic E-state index is -0.573. The normalized spacial score (nSPS) is 13.1. The molecule has 7 nitrogen and oxygen atoms in total. The molecule has 152 valence electrons. The summed E-state index contributed by atoms with van der Waals surface area (Å²) >= 11 is 0. The highest BCUT2D eigenvalue weighted by Gasteiger charge is 2.27. The molecule has 5 rings (SSSR count). The monoisotopic (exact) mass is 409 g/mol.